The molecule has 1 N–H and O–H groups in total. The summed E-state index contributed by atoms with van der Waals surface area (Å²) in [5.41, 5.74) is -0.976. The Labute approximate surface area is 163 Å². The number of hydrogen-bond acceptors (Lipinski definition) is 6. The smallest absolute Gasteiger partial charge is 0.257 e. The van der Waals surface area contributed by atoms with Crippen molar-refractivity contribution in [2.45, 2.75) is 36.9 Å². The highest BCUT2D eigenvalue weighted by Crippen LogP contribution is 2.56. The second-order valence-electron chi connectivity index (χ2n) is 7.26. The molecule has 156 valence electrons. The summed E-state index contributed by atoms with van der Waals surface area (Å²) in [4.78, 5) is 3.89. The molecule has 13 heteroatoms. The van der Waals surface area contributed by atoms with Gasteiger partial charge in [-0.05, 0) is 6.42 Å². The number of rotatable bonds is 4. The predicted molar refractivity (Wildman–Crippen MR) is 93.3 cm³/mol. The van der Waals surface area contributed by atoms with Gasteiger partial charge in [0, 0.05) is 19.5 Å². The molecule has 29 heavy (non-hydrogen) atoms. The summed E-state index contributed by atoms with van der Waals surface area (Å²) >= 11 is 0. The van der Waals surface area contributed by atoms with E-state index in [1.54, 1.807) is 6.07 Å². The van der Waals surface area contributed by atoms with Crippen molar-refractivity contribution in [3.8, 4) is 6.07 Å². The number of sulfonamides is 1. The zero-order valence-electron chi connectivity index (χ0n) is 15.1. The van der Waals surface area contributed by atoms with Crippen LogP contribution in [-0.2, 0) is 10.0 Å². The first-order chi connectivity index (χ1) is 13.5. The summed E-state index contributed by atoms with van der Waals surface area (Å²) in [7, 11) is -3.52. The molecule has 4 rings (SSSR count). The molecule has 1 saturated carbocycles. The standard InChI is InChI=1S/C16H16F4N6O2S/c1-29(27,28)25-3-2-11(10(17)7-25)23-15-22-6-12-13(18)8(5-21)14(26(12)24-15)9-4-16(9,19)20/h6,9-11H,2-4,7H2,1H3,(H,23,24)/t9?,10-,11-/m1/s1. The first kappa shape index (κ1) is 19.8. The summed E-state index contributed by atoms with van der Waals surface area (Å²) in [5.74, 6) is -5.50. The number of anilines is 1. The number of hydrogen-bond donors (Lipinski definition) is 1. The highest BCUT2D eigenvalue weighted by molar-refractivity contribution is 7.88. The fraction of sp³-hybridized carbons (Fsp3) is 0.562. The number of aromatic nitrogens is 3. The van der Waals surface area contributed by atoms with E-state index in [0.717, 1.165) is 21.3 Å². The van der Waals surface area contributed by atoms with Crippen molar-refractivity contribution in [2.75, 3.05) is 24.7 Å². The van der Waals surface area contributed by atoms with E-state index in [1.807, 2.05) is 0 Å². The highest BCUT2D eigenvalue weighted by atomic mass is 32.2. The first-order valence-corrected chi connectivity index (χ1v) is 10.6. The Morgan fingerprint density at radius 2 is 2.10 bits per heavy atom. The first-order valence-electron chi connectivity index (χ1n) is 8.73. The Morgan fingerprint density at radius 3 is 2.66 bits per heavy atom. The molecular formula is C16H16F4N6O2S. The minimum atomic E-state index is -3.52. The molecule has 0 spiro atoms. The van der Waals surface area contributed by atoms with E-state index in [0.29, 0.717) is 0 Å². The van der Waals surface area contributed by atoms with E-state index in [9.17, 15) is 31.2 Å². The summed E-state index contributed by atoms with van der Waals surface area (Å²) < 4.78 is 81.1. The lowest BCUT2D eigenvalue weighted by atomic mass is 10.1. The van der Waals surface area contributed by atoms with Crippen LogP contribution in [-0.4, -0.2) is 64.8 Å². The van der Waals surface area contributed by atoms with Crippen molar-refractivity contribution < 1.29 is 26.0 Å². The summed E-state index contributed by atoms with van der Waals surface area (Å²) in [6.07, 6.45) is 0.0889. The van der Waals surface area contributed by atoms with Crippen molar-refractivity contribution in [3.05, 3.63) is 23.3 Å². The Kier molecular flexibility index (Phi) is 4.47. The topological polar surface area (TPSA) is 103 Å². The van der Waals surface area contributed by atoms with E-state index in [4.69, 9.17) is 0 Å². The molecule has 0 radical (unpaired) electrons. The maximum Gasteiger partial charge on any atom is 0.257 e. The third kappa shape index (κ3) is 3.40. The van der Waals surface area contributed by atoms with Crippen molar-refractivity contribution in [1.29, 1.82) is 5.26 Å². The van der Waals surface area contributed by atoms with E-state index in [1.165, 1.54) is 0 Å². The number of nitrogens with one attached hydrogen (secondary N) is 1. The van der Waals surface area contributed by atoms with Crippen LogP contribution < -0.4 is 5.32 Å². The lowest BCUT2D eigenvalue weighted by Gasteiger charge is -2.33. The SMILES string of the molecule is CS(=O)(=O)N1CC[C@@H](Nc2ncc3c(F)c(C#N)c(C4CC4(F)F)n3n2)[C@H](F)C1. The van der Waals surface area contributed by atoms with Gasteiger partial charge >= 0.3 is 0 Å². The van der Waals surface area contributed by atoms with Crippen molar-refractivity contribution >= 4 is 21.5 Å². The maximum atomic E-state index is 14.4. The summed E-state index contributed by atoms with van der Waals surface area (Å²) in [6, 6.07) is 0.787. The zero-order chi connectivity index (χ0) is 21.1. The van der Waals surface area contributed by atoms with E-state index in [2.05, 4.69) is 15.4 Å². The normalized spacial score (nSPS) is 27.0. The number of alkyl halides is 3. The average molecular weight is 432 g/mol. The van der Waals surface area contributed by atoms with Gasteiger partial charge in [-0.2, -0.15) is 9.57 Å². The van der Waals surface area contributed by atoms with Gasteiger partial charge in [-0.3, -0.25) is 0 Å². The van der Waals surface area contributed by atoms with Gasteiger partial charge in [0.2, 0.25) is 16.0 Å². The van der Waals surface area contributed by atoms with Crippen LogP contribution in [0.4, 0.5) is 23.5 Å². The molecule has 0 amide bonds. The third-order valence-electron chi connectivity index (χ3n) is 5.22. The van der Waals surface area contributed by atoms with Gasteiger partial charge in [0.05, 0.1) is 30.1 Å². The fourth-order valence-corrected chi connectivity index (χ4v) is 4.39. The average Bonchev–Trinajstić information content (AvgIpc) is 3.17. The lowest BCUT2D eigenvalue weighted by molar-refractivity contribution is 0.111. The van der Waals surface area contributed by atoms with Gasteiger partial charge in [-0.25, -0.2) is 35.5 Å². The lowest BCUT2D eigenvalue weighted by Crippen LogP contribution is -2.49. The second kappa shape index (κ2) is 6.53. The van der Waals surface area contributed by atoms with Crippen molar-refractivity contribution in [3.63, 3.8) is 0 Å². The highest BCUT2D eigenvalue weighted by Gasteiger charge is 2.60. The fourth-order valence-electron chi connectivity index (χ4n) is 3.54. The molecule has 2 aromatic rings. The number of halogens is 4. The van der Waals surface area contributed by atoms with Crippen LogP contribution in [0.5, 0.6) is 0 Å². The number of piperidine rings is 1. The number of fused-ring (bicyclic) bond motifs is 1. The third-order valence-corrected chi connectivity index (χ3v) is 6.49. The Hall–Kier alpha value is -2.46. The van der Waals surface area contributed by atoms with Crippen LogP contribution in [0.25, 0.3) is 5.52 Å². The predicted octanol–water partition coefficient (Wildman–Crippen LogP) is 1.65. The molecular weight excluding hydrogens is 416 g/mol. The molecule has 0 aromatic carbocycles. The van der Waals surface area contributed by atoms with Crippen LogP contribution >= 0.6 is 0 Å². The quantitative estimate of drug-likeness (QED) is 0.737. The molecule has 2 aromatic heterocycles. The van der Waals surface area contributed by atoms with Crippen molar-refractivity contribution in [2.24, 2.45) is 0 Å². The van der Waals surface area contributed by atoms with Crippen LogP contribution in [0.2, 0.25) is 0 Å². The van der Waals surface area contributed by atoms with Gasteiger partial charge in [0.15, 0.2) is 5.82 Å². The second-order valence-corrected chi connectivity index (χ2v) is 9.24. The largest absolute Gasteiger partial charge is 0.347 e. The van der Waals surface area contributed by atoms with Gasteiger partial charge in [-0.15, -0.1) is 5.10 Å². The summed E-state index contributed by atoms with van der Waals surface area (Å²) in [5, 5.41) is 15.9. The Balaban J connectivity index is 1.63. The van der Waals surface area contributed by atoms with Crippen LogP contribution in [0.15, 0.2) is 6.20 Å². The summed E-state index contributed by atoms with van der Waals surface area (Å²) in [6.45, 7) is -0.246. The van der Waals surface area contributed by atoms with Gasteiger partial charge in [0.25, 0.3) is 5.92 Å². The molecule has 1 saturated heterocycles. The number of nitriles is 1. The maximum absolute atomic E-state index is 14.4. The molecule has 8 nitrogen and oxygen atoms in total. The molecule has 2 aliphatic rings. The molecule has 2 fully saturated rings. The van der Waals surface area contributed by atoms with E-state index in [-0.39, 0.29) is 36.7 Å². The van der Waals surface area contributed by atoms with Crippen LogP contribution in [0, 0.1) is 17.1 Å². The Bertz CT molecular complexity index is 1130. The molecule has 1 aliphatic heterocycles. The van der Waals surface area contributed by atoms with Crippen molar-refractivity contribution in [1.82, 2.24) is 18.9 Å². The Morgan fingerprint density at radius 1 is 1.41 bits per heavy atom. The molecule has 0 bridgehead atoms. The molecule has 3 atom stereocenters. The zero-order valence-corrected chi connectivity index (χ0v) is 15.9. The minimum absolute atomic E-state index is 0.0927. The van der Waals surface area contributed by atoms with Crippen LogP contribution in [0.1, 0.15) is 30.0 Å². The van der Waals surface area contributed by atoms with Gasteiger partial charge in [0.1, 0.15) is 23.3 Å². The monoisotopic (exact) mass is 432 g/mol. The van der Waals surface area contributed by atoms with E-state index < -0.39 is 51.9 Å². The minimum Gasteiger partial charge on any atom is -0.347 e. The van der Waals surface area contributed by atoms with E-state index >= 15 is 0 Å². The molecule has 3 heterocycles. The van der Waals surface area contributed by atoms with Gasteiger partial charge in [-0.1, -0.05) is 0 Å². The van der Waals surface area contributed by atoms with Gasteiger partial charge < -0.3 is 5.32 Å². The number of nitrogens with zero attached hydrogens (tertiary/aromatic N) is 5. The molecule has 1 unspecified atom stereocenters. The molecule has 1 aliphatic carbocycles. The van der Waals surface area contributed by atoms with Crippen LogP contribution in [0.3, 0.4) is 0 Å².